The summed E-state index contributed by atoms with van der Waals surface area (Å²) in [4.78, 5) is 13.4. The van der Waals surface area contributed by atoms with Crippen LogP contribution in [0, 0.1) is 12.8 Å². The summed E-state index contributed by atoms with van der Waals surface area (Å²) in [6.45, 7) is 3.21. The minimum atomic E-state index is 0.0321. The summed E-state index contributed by atoms with van der Waals surface area (Å²) in [6.07, 6.45) is 13.7. The molecule has 3 N–H and O–H groups in total. The van der Waals surface area contributed by atoms with Gasteiger partial charge in [-0.1, -0.05) is 67.3 Å². The highest BCUT2D eigenvalue weighted by atomic mass is 16.1. The SMILES string of the molecule is Cc1cccc(C(CC(=O)NC2CCCC(N)C2)c2cn(CC3CCCCC3)c3ccccc23)c1. The molecule has 2 aliphatic carbocycles. The van der Waals surface area contributed by atoms with Crippen LogP contribution in [0.1, 0.15) is 86.8 Å². The van der Waals surface area contributed by atoms with Crippen LogP contribution in [0.4, 0.5) is 0 Å². The van der Waals surface area contributed by atoms with Crippen LogP contribution in [-0.2, 0) is 11.3 Å². The van der Waals surface area contributed by atoms with Gasteiger partial charge in [-0.2, -0.15) is 0 Å². The number of carbonyl (C=O) groups excluding carboxylic acids is 1. The van der Waals surface area contributed by atoms with Crippen LogP contribution in [0.15, 0.2) is 54.7 Å². The Kier molecular flexibility index (Phi) is 7.57. The monoisotopic (exact) mass is 471 g/mol. The van der Waals surface area contributed by atoms with Gasteiger partial charge >= 0.3 is 0 Å². The number of nitrogens with two attached hydrogens (primary N) is 1. The van der Waals surface area contributed by atoms with Crippen molar-refractivity contribution >= 4 is 16.8 Å². The van der Waals surface area contributed by atoms with Crippen LogP contribution in [0.3, 0.4) is 0 Å². The predicted molar refractivity (Wildman–Crippen MR) is 145 cm³/mol. The van der Waals surface area contributed by atoms with Crippen molar-refractivity contribution in [2.24, 2.45) is 11.7 Å². The Bertz CT molecular complexity index is 1140. The number of hydrogen-bond donors (Lipinski definition) is 2. The van der Waals surface area contributed by atoms with Crippen LogP contribution in [0.25, 0.3) is 10.9 Å². The second-order valence-corrected chi connectivity index (χ2v) is 11.1. The molecule has 0 aliphatic heterocycles. The van der Waals surface area contributed by atoms with E-state index in [0.29, 0.717) is 6.42 Å². The van der Waals surface area contributed by atoms with Crippen molar-refractivity contribution in [3.05, 3.63) is 71.4 Å². The summed E-state index contributed by atoms with van der Waals surface area (Å²) in [5.41, 5.74) is 11.2. The minimum Gasteiger partial charge on any atom is -0.353 e. The fourth-order valence-electron chi connectivity index (χ4n) is 6.48. The van der Waals surface area contributed by atoms with Crippen LogP contribution in [0.2, 0.25) is 0 Å². The highest BCUT2D eigenvalue weighted by Crippen LogP contribution is 2.36. The molecule has 5 rings (SSSR count). The molecule has 0 bridgehead atoms. The Morgan fingerprint density at radius 1 is 1.03 bits per heavy atom. The van der Waals surface area contributed by atoms with Crippen molar-refractivity contribution in [1.29, 1.82) is 0 Å². The van der Waals surface area contributed by atoms with Gasteiger partial charge in [0.05, 0.1) is 0 Å². The number of amides is 1. The van der Waals surface area contributed by atoms with Gasteiger partial charge in [-0.3, -0.25) is 4.79 Å². The summed E-state index contributed by atoms with van der Waals surface area (Å²) < 4.78 is 2.47. The first-order chi connectivity index (χ1) is 17.1. The van der Waals surface area contributed by atoms with Crippen molar-refractivity contribution in [3.8, 4) is 0 Å². The van der Waals surface area contributed by atoms with Crippen molar-refractivity contribution in [2.75, 3.05) is 0 Å². The summed E-state index contributed by atoms with van der Waals surface area (Å²) >= 11 is 0. The van der Waals surface area contributed by atoms with Crippen LogP contribution < -0.4 is 11.1 Å². The first-order valence-electron chi connectivity index (χ1n) is 13.8. The number of hydrogen-bond acceptors (Lipinski definition) is 2. The highest BCUT2D eigenvalue weighted by molar-refractivity contribution is 5.86. The average Bonchev–Trinajstić information content (AvgIpc) is 3.21. The molecule has 1 amide bonds. The third-order valence-corrected chi connectivity index (χ3v) is 8.29. The van der Waals surface area contributed by atoms with E-state index in [2.05, 4.69) is 71.5 Å². The zero-order chi connectivity index (χ0) is 24.2. The number of carbonyl (C=O) groups is 1. The van der Waals surface area contributed by atoms with Crippen LogP contribution in [-0.4, -0.2) is 22.6 Å². The first kappa shape index (κ1) is 24.1. The fourth-order valence-corrected chi connectivity index (χ4v) is 6.48. The molecule has 4 nitrogen and oxygen atoms in total. The Morgan fingerprint density at radius 2 is 1.86 bits per heavy atom. The quantitative estimate of drug-likeness (QED) is 0.417. The van der Waals surface area contributed by atoms with Gasteiger partial charge in [-0.15, -0.1) is 0 Å². The van der Waals surface area contributed by atoms with Gasteiger partial charge in [0.1, 0.15) is 0 Å². The van der Waals surface area contributed by atoms with Gasteiger partial charge in [0, 0.05) is 48.1 Å². The average molecular weight is 472 g/mol. The van der Waals surface area contributed by atoms with Gasteiger partial charge in [0.25, 0.3) is 0 Å². The molecule has 2 aromatic carbocycles. The topological polar surface area (TPSA) is 60.1 Å². The first-order valence-corrected chi connectivity index (χ1v) is 13.8. The zero-order valence-electron chi connectivity index (χ0n) is 21.2. The lowest BCUT2D eigenvalue weighted by Gasteiger charge is -2.28. The van der Waals surface area contributed by atoms with E-state index in [-0.39, 0.29) is 23.9 Å². The largest absolute Gasteiger partial charge is 0.353 e. The normalized spacial score (nSPS) is 22.2. The highest BCUT2D eigenvalue weighted by Gasteiger charge is 2.26. The molecule has 3 aromatic rings. The molecule has 0 spiro atoms. The molecule has 0 saturated heterocycles. The number of fused-ring (bicyclic) bond motifs is 1. The number of nitrogens with one attached hydrogen (secondary N) is 1. The fraction of sp³-hybridized carbons (Fsp3) is 0.516. The molecule has 186 valence electrons. The number of para-hydroxylation sites is 1. The van der Waals surface area contributed by atoms with Crippen molar-refractivity contribution in [2.45, 2.75) is 95.7 Å². The van der Waals surface area contributed by atoms with E-state index in [9.17, 15) is 4.79 Å². The lowest BCUT2D eigenvalue weighted by atomic mass is 9.86. The molecule has 2 aliphatic rings. The van der Waals surface area contributed by atoms with E-state index in [1.54, 1.807) is 0 Å². The number of rotatable bonds is 7. The maximum Gasteiger partial charge on any atom is 0.221 e. The van der Waals surface area contributed by atoms with E-state index in [1.165, 1.54) is 59.7 Å². The Labute approximate surface area is 210 Å². The number of nitrogens with zero attached hydrogens (tertiary/aromatic N) is 1. The van der Waals surface area contributed by atoms with E-state index in [0.717, 1.165) is 38.1 Å². The smallest absolute Gasteiger partial charge is 0.221 e. The maximum absolute atomic E-state index is 13.4. The lowest BCUT2D eigenvalue weighted by Crippen LogP contribution is -2.42. The van der Waals surface area contributed by atoms with Gasteiger partial charge in [0.15, 0.2) is 0 Å². The van der Waals surface area contributed by atoms with E-state index in [1.807, 2.05) is 0 Å². The van der Waals surface area contributed by atoms with E-state index in [4.69, 9.17) is 5.73 Å². The Balaban J connectivity index is 1.46. The number of benzene rings is 2. The number of aryl methyl sites for hydroxylation is 1. The molecule has 1 heterocycles. The third kappa shape index (κ3) is 5.81. The van der Waals surface area contributed by atoms with Crippen LogP contribution in [0.5, 0.6) is 0 Å². The number of aromatic nitrogens is 1. The molecule has 3 unspecified atom stereocenters. The van der Waals surface area contributed by atoms with Gasteiger partial charge in [0.2, 0.25) is 5.91 Å². The second-order valence-electron chi connectivity index (χ2n) is 11.1. The van der Waals surface area contributed by atoms with E-state index < -0.39 is 0 Å². The third-order valence-electron chi connectivity index (χ3n) is 8.29. The molecule has 2 saturated carbocycles. The Morgan fingerprint density at radius 3 is 2.66 bits per heavy atom. The van der Waals surface area contributed by atoms with Crippen molar-refractivity contribution in [3.63, 3.8) is 0 Å². The molecule has 3 atom stereocenters. The second kappa shape index (κ2) is 11.0. The van der Waals surface area contributed by atoms with Crippen molar-refractivity contribution in [1.82, 2.24) is 9.88 Å². The molecule has 35 heavy (non-hydrogen) atoms. The molecular formula is C31H41N3O. The molecule has 1 aromatic heterocycles. The van der Waals surface area contributed by atoms with Crippen molar-refractivity contribution < 1.29 is 4.79 Å². The van der Waals surface area contributed by atoms with Gasteiger partial charge in [-0.25, -0.2) is 0 Å². The van der Waals surface area contributed by atoms with Gasteiger partial charge in [-0.05, 0) is 68.6 Å². The zero-order valence-corrected chi connectivity index (χ0v) is 21.2. The van der Waals surface area contributed by atoms with Crippen LogP contribution >= 0.6 is 0 Å². The molecular weight excluding hydrogens is 430 g/mol. The molecule has 2 fully saturated rings. The molecule has 0 radical (unpaired) electrons. The minimum absolute atomic E-state index is 0.0321. The standard InChI is InChI=1S/C31H41N3O/c1-22-9-7-12-24(17-22)28(19-31(35)33-26-14-8-13-25(32)18-26)29-21-34(20-23-10-3-2-4-11-23)30-16-6-5-15-27(29)30/h5-7,9,12,15-17,21,23,25-26,28H,2-4,8,10-11,13-14,18-20,32H2,1H3,(H,33,35). The maximum atomic E-state index is 13.4. The summed E-state index contributed by atoms with van der Waals surface area (Å²) in [7, 11) is 0. The predicted octanol–water partition coefficient (Wildman–Crippen LogP) is 6.44. The van der Waals surface area contributed by atoms with Gasteiger partial charge < -0.3 is 15.6 Å². The Hall–Kier alpha value is -2.59. The van der Waals surface area contributed by atoms with E-state index >= 15 is 0 Å². The summed E-state index contributed by atoms with van der Waals surface area (Å²) in [5.74, 6) is 0.924. The summed E-state index contributed by atoms with van der Waals surface area (Å²) in [6, 6.07) is 17.9. The summed E-state index contributed by atoms with van der Waals surface area (Å²) in [5, 5.41) is 4.61. The lowest BCUT2D eigenvalue weighted by molar-refractivity contribution is -0.122. The molecule has 4 heteroatoms.